The fourth-order valence-electron chi connectivity index (χ4n) is 1.71. The predicted octanol–water partition coefficient (Wildman–Crippen LogP) is 2.91. The van der Waals surface area contributed by atoms with Gasteiger partial charge in [0.2, 0.25) is 0 Å². The first-order valence-electron chi connectivity index (χ1n) is 6.33. The summed E-state index contributed by atoms with van der Waals surface area (Å²) >= 11 is 1.90. The zero-order valence-electron chi connectivity index (χ0n) is 11.4. The summed E-state index contributed by atoms with van der Waals surface area (Å²) in [5.74, 6) is 2.26. The van der Waals surface area contributed by atoms with Gasteiger partial charge >= 0.3 is 0 Å². The normalized spacial score (nSPS) is 10.2. The van der Waals surface area contributed by atoms with Crippen molar-refractivity contribution in [1.82, 2.24) is 5.32 Å². The molecular weight excluding hydrogens is 244 g/mol. The molecule has 4 heteroatoms. The van der Waals surface area contributed by atoms with Crippen molar-refractivity contribution < 1.29 is 4.79 Å². The summed E-state index contributed by atoms with van der Waals surface area (Å²) in [6, 6.07) is 5.72. The topological polar surface area (TPSA) is 41.1 Å². The van der Waals surface area contributed by atoms with Crippen molar-refractivity contribution in [2.75, 3.05) is 30.4 Å². The Balaban J connectivity index is 2.44. The number of rotatable bonds is 7. The third-order valence-electron chi connectivity index (χ3n) is 2.71. The maximum atomic E-state index is 11.9. The summed E-state index contributed by atoms with van der Waals surface area (Å²) < 4.78 is 0. The summed E-state index contributed by atoms with van der Waals surface area (Å²) in [7, 11) is 1.88. The van der Waals surface area contributed by atoms with Crippen LogP contribution in [0, 0.1) is 6.92 Å². The molecule has 1 amide bonds. The molecule has 0 saturated heterocycles. The van der Waals surface area contributed by atoms with Crippen molar-refractivity contribution in [2.24, 2.45) is 0 Å². The molecule has 0 bridgehead atoms. The van der Waals surface area contributed by atoms with Gasteiger partial charge in [-0.1, -0.05) is 6.92 Å². The van der Waals surface area contributed by atoms with Crippen LogP contribution in [0.15, 0.2) is 18.2 Å². The minimum Gasteiger partial charge on any atom is -0.388 e. The van der Waals surface area contributed by atoms with E-state index in [0.29, 0.717) is 0 Å². The first-order valence-corrected chi connectivity index (χ1v) is 7.48. The van der Waals surface area contributed by atoms with E-state index in [4.69, 9.17) is 0 Å². The smallest absolute Gasteiger partial charge is 0.251 e. The van der Waals surface area contributed by atoms with Crippen LogP contribution in [0.1, 0.15) is 29.3 Å². The number of hydrogen-bond acceptors (Lipinski definition) is 3. The standard InChI is InChI=1S/C14H22N2OS/c1-4-18-9-5-8-16-14(17)12-6-7-13(15-3)11(2)10-12/h6-7,10,15H,4-5,8-9H2,1-3H3,(H,16,17). The van der Waals surface area contributed by atoms with Crippen LogP contribution in [-0.2, 0) is 0 Å². The Morgan fingerprint density at radius 3 is 2.78 bits per heavy atom. The summed E-state index contributed by atoms with van der Waals surface area (Å²) in [6.45, 7) is 4.90. The van der Waals surface area contributed by atoms with E-state index in [-0.39, 0.29) is 5.91 Å². The van der Waals surface area contributed by atoms with Crippen molar-refractivity contribution in [3.8, 4) is 0 Å². The van der Waals surface area contributed by atoms with E-state index in [1.807, 2.05) is 43.9 Å². The highest BCUT2D eigenvalue weighted by Gasteiger charge is 2.06. The Hall–Kier alpha value is -1.16. The molecule has 2 N–H and O–H groups in total. The van der Waals surface area contributed by atoms with Crippen LogP contribution in [0.3, 0.4) is 0 Å². The molecule has 0 radical (unpaired) electrons. The Bertz CT molecular complexity index is 393. The maximum absolute atomic E-state index is 11.9. The highest BCUT2D eigenvalue weighted by atomic mass is 32.2. The second-order valence-corrected chi connectivity index (χ2v) is 5.48. The molecule has 0 aromatic heterocycles. The van der Waals surface area contributed by atoms with Gasteiger partial charge < -0.3 is 10.6 Å². The molecule has 0 aliphatic heterocycles. The summed E-state index contributed by atoms with van der Waals surface area (Å²) in [5, 5.41) is 6.04. The van der Waals surface area contributed by atoms with E-state index in [0.717, 1.165) is 41.3 Å². The van der Waals surface area contributed by atoms with Gasteiger partial charge in [0.1, 0.15) is 0 Å². The highest BCUT2D eigenvalue weighted by molar-refractivity contribution is 7.99. The Morgan fingerprint density at radius 1 is 1.39 bits per heavy atom. The van der Waals surface area contributed by atoms with E-state index >= 15 is 0 Å². The van der Waals surface area contributed by atoms with Crippen LogP contribution < -0.4 is 10.6 Å². The molecule has 0 aliphatic carbocycles. The van der Waals surface area contributed by atoms with Gasteiger partial charge in [0.05, 0.1) is 0 Å². The number of carbonyl (C=O) groups excluding carboxylic acids is 1. The second-order valence-electron chi connectivity index (χ2n) is 4.09. The zero-order chi connectivity index (χ0) is 13.4. The van der Waals surface area contributed by atoms with Crippen LogP contribution in [0.5, 0.6) is 0 Å². The quantitative estimate of drug-likeness (QED) is 0.746. The average molecular weight is 266 g/mol. The average Bonchev–Trinajstić information content (AvgIpc) is 2.38. The predicted molar refractivity (Wildman–Crippen MR) is 80.7 cm³/mol. The molecule has 1 aromatic rings. The number of thioether (sulfide) groups is 1. The monoisotopic (exact) mass is 266 g/mol. The zero-order valence-corrected chi connectivity index (χ0v) is 12.2. The maximum Gasteiger partial charge on any atom is 0.251 e. The van der Waals surface area contributed by atoms with Gasteiger partial charge in [-0.2, -0.15) is 11.8 Å². The fourth-order valence-corrected chi connectivity index (χ4v) is 2.35. The molecule has 0 saturated carbocycles. The third-order valence-corrected chi connectivity index (χ3v) is 3.70. The van der Waals surface area contributed by atoms with E-state index in [9.17, 15) is 4.79 Å². The van der Waals surface area contributed by atoms with Gasteiger partial charge in [0.15, 0.2) is 0 Å². The van der Waals surface area contributed by atoms with Crippen molar-refractivity contribution in [2.45, 2.75) is 20.3 Å². The molecule has 0 spiro atoms. The van der Waals surface area contributed by atoms with Gasteiger partial charge in [-0.15, -0.1) is 0 Å². The first kappa shape index (κ1) is 14.9. The van der Waals surface area contributed by atoms with E-state index < -0.39 is 0 Å². The molecule has 0 fully saturated rings. The lowest BCUT2D eigenvalue weighted by atomic mass is 10.1. The summed E-state index contributed by atoms with van der Waals surface area (Å²) in [5.41, 5.74) is 2.88. The molecule has 18 heavy (non-hydrogen) atoms. The van der Waals surface area contributed by atoms with Crippen molar-refractivity contribution in [1.29, 1.82) is 0 Å². The number of carbonyl (C=O) groups is 1. The minimum absolute atomic E-state index is 0.0160. The lowest BCUT2D eigenvalue weighted by Crippen LogP contribution is -2.24. The van der Waals surface area contributed by atoms with Gasteiger partial charge in [0.25, 0.3) is 5.91 Å². The van der Waals surface area contributed by atoms with Crippen LogP contribution in [-0.4, -0.2) is 31.0 Å². The molecular formula is C14H22N2OS. The fraction of sp³-hybridized carbons (Fsp3) is 0.500. The van der Waals surface area contributed by atoms with Crippen molar-refractivity contribution in [3.05, 3.63) is 29.3 Å². The first-order chi connectivity index (χ1) is 8.69. The molecule has 0 unspecified atom stereocenters. The van der Waals surface area contributed by atoms with Gasteiger partial charge in [-0.05, 0) is 48.6 Å². The van der Waals surface area contributed by atoms with Crippen LogP contribution in [0.25, 0.3) is 0 Å². The molecule has 0 atom stereocenters. The molecule has 0 heterocycles. The van der Waals surface area contributed by atoms with Gasteiger partial charge in [0, 0.05) is 24.8 Å². The molecule has 1 aromatic carbocycles. The number of aryl methyl sites for hydroxylation is 1. The summed E-state index contributed by atoms with van der Waals surface area (Å²) in [4.78, 5) is 11.9. The van der Waals surface area contributed by atoms with E-state index in [2.05, 4.69) is 17.6 Å². The second kappa shape index (κ2) is 8.03. The molecule has 3 nitrogen and oxygen atoms in total. The molecule has 1 rings (SSSR count). The number of hydrogen-bond donors (Lipinski definition) is 2. The van der Waals surface area contributed by atoms with E-state index in [1.54, 1.807) is 0 Å². The van der Waals surface area contributed by atoms with Crippen molar-refractivity contribution >= 4 is 23.4 Å². The van der Waals surface area contributed by atoms with Crippen LogP contribution in [0.2, 0.25) is 0 Å². The van der Waals surface area contributed by atoms with Gasteiger partial charge in [-0.3, -0.25) is 4.79 Å². The van der Waals surface area contributed by atoms with Crippen LogP contribution in [0.4, 0.5) is 5.69 Å². The lowest BCUT2D eigenvalue weighted by Gasteiger charge is -2.08. The minimum atomic E-state index is 0.0160. The lowest BCUT2D eigenvalue weighted by molar-refractivity contribution is 0.0954. The van der Waals surface area contributed by atoms with E-state index in [1.165, 1.54) is 0 Å². The van der Waals surface area contributed by atoms with Crippen molar-refractivity contribution in [3.63, 3.8) is 0 Å². The number of anilines is 1. The Labute approximate surface area is 114 Å². The number of benzene rings is 1. The van der Waals surface area contributed by atoms with Crippen LogP contribution >= 0.6 is 11.8 Å². The SMILES string of the molecule is CCSCCCNC(=O)c1ccc(NC)c(C)c1. The third kappa shape index (κ3) is 4.61. The highest BCUT2D eigenvalue weighted by Crippen LogP contribution is 2.15. The Kier molecular flexibility index (Phi) is 6.65. The number of amides is 1. The summed E-state index contributed by atoms with van der Waals surface area (Å²) in [6.07, 6.45) is 1.03. The molecule has 100 valence electrons. The number of nitrogens with one attached hydrogen (secondary N) is 2. The molecule has 0 aliphatic rings. The largest absolute Gasteiger partial charge is 0.388 e. The van der Waals surface area contributed by atoms with Gasteiger partial charge in [-0.25, -0.2) is 0 Å². The Morgan fingerprint density at radius 2 is 2.17 bits per heavy atom.